The molecule has 114 valence electrons. The van der Waals surface area contributed by atoms with Gasteiger partial charge in [-0.15, -0.1) is 11.3 Å². The Kier molecular flexibility index (Phi) is 4.28. The Morgan fingerprint density at radius 3 is 2.76 bits per heavy atom. The Morgan fingerprint density at radius 1 is 1.48 bits per heavy atom. The van der Waals surface area contributed by atoms with E-state index < -0.39 is 16.0 Å². The minimum absolute atomic E-state index is 0.00721. The van der Waals surface area contributed by atoms with Gasteiger partial charge in [-0.2, -0.15) is 0 Å². The molecular weight excluding hydrogens is 318 g/mol. The van der Waals surface area contributed by atoms with Crippen LogP contribution in [0.5, 0.6) is 0 Å². The number of rotatable bonds is 5. The number of nitrogens with zero attached hydrogens (tertiary/aromatic N) is 2. The predicted molar refractivity (Wildman–Crippen MR) is 74.6 cm³/mol. The molecule has 2 heterocycles. The van der Waals surface area contributed by atoms with Gasteiger partial charge in [0, 0.05) is 5.38 Å². The van der Waals surface area contributed by atoms with Crippen molar-refractivity contribution in [1.82, 2.24) is 10.1 Å². The van der Waals surface area contributed by atoms with Gasteiger partial charge in [-0.25, -0.2) is 13.4 Å². The molecule has 0 atom stereocenters. The fourth-order valence-electron chi connectivity index (χ4n) is 1.68. The van der Waals surface area contributed by atoms with Crippen LogP contribution in [0.15, 0.2) is 14.8 Å². The lowest BCUT2D eigenvalue weighted by molar-refractivity contribution is -0.139. The van der Waals surface area contributed by atoms with Crippen LogP contribution in [0.1, 0.15) is 17.1 Å². The molecule has 10 heteroatoms. The maximum Gasteiger partial charge on any atom is 0.311 e. The molecule has 2 aromatic rings. The van der Waals surface area contributed by atoms with Crippen LogP contribution in [0.3, 0.4) is 0 Å². The average Bonchev–Trinajstić information content (AvgIpc) is 2.96. The standard InChI is InChI=1S/C11H13N3O5S2/c1-6-10(7(2)19-13-6)21(16,17)14-11-12-8(5-20-11)4-9(15)18-3/h5H,4H2,1-3H3,(H,12,14). The quantitative estimate of drug-likeness (QED) is 0.821. The molecule has 0 spiro atoms. The highest BCUT2D eigenvalue weighted by molar-refractivity contribution is 7.93. The fraction of sp³-hybridized carbons (Fsp3) is 0.364. The second-order valence-corrected chi connectivity index (χ2v) is 6.63. The maximum atomic E-state index is 12.3. The molecule has 8 nitrogen and oxygen atoms in total. The van der Waals surface area contributed by atoms with Gasteiger partial charge in [0.1, 0.15) is 5.69 Å². The van der Waals surface area contributed by atoms with Crippen LogP contribution in [0, 0.1) is 13.8 Å². The Hall–Kier alpha value is -1.94. The lowest BCUT2D eigenvalue weighted by Crippen LogP contribution is -2.14. The lowest BCUT2D eigenvalue weighted by Gasteiger charge is -2.03. The molecule has 0 aliphatic carbocycles. The molecule has 0 unspecified atom stereocenters. The minimum Gasteiger partial charge on any atom is -0.469 e. The van der Waals surface area contributed by atoms with Gasteiger partial charge in [-0.1, -0.05) is 5.16 Å². The van der Waals surface area contributed by atoms with E-state index in [-0.39, 0.29) is 27.9 Å². The van der Waals surface area contributed by atoms with Crippen molar-refractivity contribution in [3.05, 3.63) is 22.5 Å². The number of aromatic nitrogens is 2. The number of carbonyl (C=O) groups excluding carboxylic acids is 1. The van der Waals surface area contributed by atoms with Crippen molar-refractivity contribution < 1.29 is 22.5 Å². The van der Waals surface area contributed by atoms with E-state index in [1.165, 1.54) is 21.0 Å². The highest BCUT2D eigenvalue weighted by atomic mass is 32.2. The Labute approximate surface area is 125 Å². The molecule has 0 aliphatic heterocycles. The van der Waals surface area contributed by atoms with Gasteiger partial charge in [0.25, 0.3) is 10.0 Å². The van der Waals surface area contributed by atoms with Gasteiger partial charge in [-0.05, 0) is 13.8 Å². The summed E-state index contributed by atoms with van der Waals surface area (Å²) in [7, 11) is -2.55. The Morgan fingerprint density at radius 2 is 2.19 bits per heavy atom. The van der Waals surface area contributed by atoms with E-state index in [1.807, 2.05) is 0 Å². The van der Waals surface area contributed by atoms with Gasteiger partial charge >= 0.3 is 5.97 Å². The number of hydrogen-bond acceptors (Lipinski definition) is 8. The van der Waals surface area contributed by atoms with Crippen molar-refractivity contribution in [2.45, 2.75) is 25.2 Å². The van der Waals surface area contributed by atoms with Crippen LogP contribution in [0.4, 0.5) is 5.13 Å². The zero-order valence-corrected chi connectivity index (χ0v) is 13.2. The van der Waals surface area contributed by atoms with E-state index in [4.69, 9.17) is 4.52 Å². The number of carbonyl (C=O) groups is 1. The molecule has 2 aromatic heterocycles. The molecule has 0 radical (unpaired) electrons. The van der Waals surface area contributed by atoms with Gasteiger partial charge in [0.05, 0.1) is 19.2 Å². The van der Waals surface area contributed by atoms with E-state index in [2.05, 4.69) is 19.6 Å². The van der Waals surface area contributed by atoms with E-state index in [0.717, 1.165) is 11.3 Å². The summed E-state index contributed by atoms with van der Waals surface area (Å²) in [5.41, 5.74) is 0.703. The van der Waals surface area contributed by atoms with Gasteiger partial charge in [-0.3, -0.25) is 9.52 Å². The number of nitrogens with one attached hydrogen (secondary N) is 1. The number of aryl methyl sites for hydroxylation is 2. The summed E-state index contributed by atoms with van der Waals surface area (Å²) in [4.78, 5) is 15.2. The van der Waals surface area contributed by atoms with Crippen molar-refractivity contribution in [3.63, 3.8) is 0 Å². The van der Waals surface area contributed by atoms with Crippen molar-refractivity contribution in [3.8, 4) is 0 Å². The number of sulfonamides is 1. The van der Waals surface area contributed by atoms with E-state index in [9.17, 15) is 13.2 Å². The molecule has 0 aliphatic rings. The second kappa shape index (κ2) is 5.82. The first kappa shape index (κ1) is 15.4. The van der Waals surface area contributed by atoms with Gasteiger partial charge < -0.3 is 9.26 Å². The molecule has 0 saturated heterocycles. The monoisotopic (exact) mass is 331 g/mol. The third-order valence-corrected chi connectivity index (χ3v) is 5.08. The summed E-state index contributed by atoms with van der Waals surface area (Å²) < 4.78 is 36.2. The molecule has 0 fully saturated rings. The Bertz CT molecular complexity index is 743. The van der Waals surface area contributed by atoms with Crippen LogP contribution < -0.4 is 4.72 Å². The van der Waals surface area contributed by atoms with E-state index in [0.29, 0.717) is 5.69 Å². The number of esters is 1. The average molecular weight is 331 g/mol. The number of ether oxygens (including phenoxy) is 1. The predicted octanol–water partition coefficient (Wildman–Crippen LogP) is 1.26. The van der Waals surface area contributed by atoms with Crippen molar-refractivity contribution in [2.24, 2.45) is 0 Å². The highest BCUT2D eigenvalue weighted by Crippen LogP contribution is 2.24. The third-order valence-electron chi connectivity index (χ3n) is 2.56. The van der Waals surface area contributed by atoms with Crippen LogP contribution in [0.2, 0.25) is 0 Å². The second-order valence-electron chi connectivity index (χ2n) is 4.16. The smallest absolute Gasteiger partial charge is 0.311 e. The molecule has 21 heavy (non-hydrogen) atoms. The first-order valence-corrected chi connectivity index (χ1v) is 8.16. The molecule has 0 aromatic carbocycles. The first-order chi connectivity index (χ1) is 9.83. The summed E-state index contributed by atoms with van der Waals surface area (Å²) in [6.07, 6.45) is -0.0138. The molecule has 2 rings (SSSR count). The molecule has 0 saturated carbocycles. The molecule has 0 amide bonds. The first-order valence-electron chi connectivity index (χ1n) is 5.80. The van der Waals surface area contributed by atoms with Crippen molar-refractivity contribution in [2.75, 3.05) is 11.8 Å². The minimum atomic E-state index is -3.83. The summed E-state index contributed by atoms with van der Waals surface area (Å²) in [6, 6.07) is 0. The topological polar surface area (TPSA) is 111 Å². The maximum absolute atomic E-state index is 12.3. The van der Waals surface area contributed by atoms with E-state index >= 15 is 0 Å². The zero-order valence-electron chi connectivity index (χ0n) is 11.5. The number of anilines is 1. The lowest BCUT2D eigenvalue weighted by atomic mass is 10.3. The summed E-state index contributed by atoms with van der Waals surface area (Å²) in [6.45, 7) is 3.05. The SMILES string of the molecule is COC(=O)Cc1csc(NS(=O)(=O)c2c(C)noc2C)n1. The van der Waals surface area contributed by atoms with Crippen LogP contribution in [-0.2, 0) is 26.0 Å². The van der Waals surface area contributed by atoms with Crippen LogP contribution in [0.25, 0.3) is 0 Å². The van der Waals surface area contributed by atoms with Gasteiger partial charge in [0.15, 0.2) is 15.8 Å². The summed E-state index contributed by atoms with van der Waals surface area (Å²) >= 11 is 1.08. The molecule has 1 N–H and O–H groups in total. The van der Waals surface area contributed by atoms with Crippen molar-refractivity contribution in [1.29, 1.82) is 0 Å². The van der Waals surface area contributed by atoms with Crippen LogP contribution in [-0.4, -0.2) is 31.6 Å². The highest BCUT2D eigenvalue weighted by Gasteiger charge is 2.25. The normalized spacial score (nSPS) is 11.4. The number of thiazole rings is 1. The van der Waals surface area contributed by atoms with Crippen molar-refractivity contribution >= 4 is 32.5 Å². The summed E-state index contributed by atoms with van der Waals surface area (Å²) in [5, 5.41) is 5.35. The summed E-state index contributed by atoms with van der Waals surface area (Å²) in [5.74, 6) is -0.244. The fourth-order valence-corrected chi connectivity index (χ4v) is 3.97. The van der Waals surface area contributed by atoms with Crippen LogP contribution >= 0.6 is 11.3 Å². The Balaban J connectivity index is 2.20. The third kappa shape index (κ3) is 3.39. The number of hydrogen-bond donors (Lipinski definition) is 1. The number of methoxy groups -OCH3 is 1. The van der Waals surface area contributed by atoms with E-state index in [1.54, 1.807) is 5.38 Å². The largest absolute Gasteiger partial charge is 0.469 e. The molecule has 0 bridgehead atoms. The molecular formula is C11H13N3O5S2. The van der Waals surface area contributed by atoms with Gasteiger partial charge in [0.2, 0.25) is 0 Å². The zero-order chi connectivity index (χ0) is 15.6.